The van der Waals surface area contributed by atoms with E-state index in [-0.39, 0.29) is 5.92 Å². The Morgan fingerprint density at radius 3 is 2.04 bits per heavy atom. The Morgan fingerprint density at radius 1 is 1.04 bits per heavy atom. The first kappa shape index (κ1) is 22.3. The van der Waals surface area contributed by atoms with E-state index < -0.39 is 28.1 Å². The van der Waals surface area contributed by atoms with Crippen LogP contribution in [0.2, 0.25) is 0 Å². The molecule has 2 aromatic carbocycles. The lowest BCUT2D eigenvalue weighted by Gasteiger charge is -2.32. The van der Waals surface area contributed by atoms with Gasteiger partial charge in [0.05, 0.1) is 11.0 Å². The van der Waals surface area contributed by atoms with Crippen LogP contribution in [-0.2, 0) is 10.0 Å². The molecule has 0 aromatic heterocycles. The van der Waals surface area contributed by atoms with Gasteiger partial charge >= 0.3 is 0 Å². The van der Waals surface area contributed by atoms with Gasteiger partial charge in [0.15, 0.2) is 0 Å². The van der Waals surface area contributed by atoms with E-state index in [4.69, 9.17) is 0 Å². The van der Waals surface area contributed by atoms with Crippen LogP contribution in [0.25, 0.3) is 0 Å². The molecule has 0 aliphatic carbocycles. The fourth-order valence-electron chi connectivity index (χ4n) is 3.83. The van der Waals surface area contributed by atoms with Gasteiger partial charge in [0.2, 0.25) is 10.0 Å². The molecule has 3 atom stereocenters. The zero-order valence-corrected chi connectivity index (χ0v) is 18.1. The smallest absolute Gasteiger partial charge is 0.241 e. The van der Waals surface area contributed by atoms with Crippen molar-refractivity contribution in [2.24, 2.45) is 11.8 Å². The number of hydrogen-bond acceptors (Lipinski definition) is 3. The highest BCUT2D eigenvalue weighted by Crippen LogP contribution is 2.31. The predicted octanol–water partition coefficient (Wildman–Crippen LogP) is 4.45. The third kappa shape index (κ3) is 4.90. The maximum Gasteiger partial charge on any atom is 0.241 e. The first-order valence-corrected chi connectivity index (χ1v) is 11.0. The maximum absolute atomic E-state index is 13.3. The molecule has 0 unspecified atom stereocenters. The van der Waals surface area contributed by atoms with E-state index in [1.165, 1.54) is 0 Å². The van der Waals surface area contributed by atoms with Crippen LogP contribution >= 0.6 is 0 Å². The van der Waals surface area contributed by atoms with Crippen LogP contribution in [0.4, 0.5) is 0 Å². The summed E-state index contributed by atoms with van der Waals surface area (Å²) in [5.41, 5.74) is 3.19. The highest BCUT2D eigenvalue weighted by Gasteiger charge is 2.33. The molecule has 0 saturated carbocycles. The molecule has 0 radical (unpaired) electrons. The van der Waals surface area contributed by atoms with Gasteiger partial charge in [0.1, 0.15) is 0 Å². The lowest BCUT2D eigenvalue weighted by atomic mass is 9.84. The molecule has 2 N–H and O–H groups in total. The summed E-state index contributed by atoms with van der Waals surface area (Å²) in [7, 11) is -3.76. The summed E-state index contributed by atoms with van der Waals surface area (Å²) in [6.45, 7) is 13.3. The van der Waals surface area contributed by atoms with E-state index in [9.17, 15) is 13.5 Å². The Balaban J connectivity index is 2.42. The van der Waals surface area contributed by atoms with Crippen LogP contribution < -0.4 is 4.72 Å². The van der Waals surface area contributed by atoms with Crippen LogP contribution in [0, 0.1) is 32.6 Å². The van der Waals surface area contributed by atoms with Gasteiger partial charge in [-0.2, -0.15) is 0 Å². The van der Waals surface area contributed by atoms with Crippen molar-refractivity contribution in [2.75, 3.05) is 0 Å². The van der Waals surface area contributed by atoms with Crippen molar-refractivity contribution in [3.8, 4) is 0 Å². The van der Waals surface area contributed by atoms with E-state index >= 15 is 0 Å². The first-order chi connectivity index (χ1) is 13.1. The molecule has 0 saturated heterocycles. The largest absolute Gasteiger partial charge is 0.388 e. The lowest BCUT2D eigenvalue weighted by molar-refractivity contribution is 0.104. The van der Waals surface area contributed by atoms with Gasteiger partial charge in [-0.15, -0.1) is 6.58 Å². The summed E-state index contributed by atoms with van der Waals surface area (Å²) in [4.78, 5) is 0.306. The Morgan fingerprint density at radius 2 is 1.57 bits per heavy atom. The van der Waals surface area contributed by atoms with Crippen LogP contribution in [0.1, 0.15) is 42.2 Å². The average Bonchev–Trinajstić information content (AvgIpc) is 2.60. The van der Waals surface area contributed by atoms with E-state index in [0.717, 1.165) is 11.1 Å². The zero-order chi connectivity index (χ0) is 21.1. The molecule has 0 aliphatic rings. The van der Waals surface area contributed by atoms with Gasteiger partial charge in [-0.05, 0) is 43.4 Å². The molecule has 5 heteroatoms. The van der Waals surface area contributed by atoms with Gasteiger partial charge in [-0.1, -0.05) is 68.0 Å². The fourth-order valence-corrected chi connectivity index (χ4v) is 5.70. The van der Waals surface area contributed by atoms with Crippen molar-refractivity contribution < 1.29 is 13.5 Å². The SMILES string of the molecule is C=C[C@H]([C@@H](O)c1ccccc1)[C@@H](NS(=O)(=O)c1c(C)cc(C)cc1C)C(C)C. The average molecular weight is 402 g/mol. The molecule has 2 rings (SSSR count). The second-order valence-electron chi connectivity index (χ2n) is 7.79. The minimum Gasteiger partial charge on any atom is -0.388 e. The summed E-state index contributed by atoms with van der Waals surface area (Å²) in [6, 6.07) is 12.5. The van der Waals surface area contributed by atoms with E-state index in [1.54, 1.807) is 6.08 Å². The topological polar surface area (TPSA) is 66.4 Å². The van der Waals surface area contributed by atoms with Crippen molar-refractivity contribution in [3.05, 3.63) is 77.4 Å². The van der Waals surface area contributed by atoms with E-state index in [2.05, 4.69) is 11.3 Å². The highest BCUT2D eigenvalue weighted by molar-refractivity contribution is 7.89. The molecule has 2 aromatic rings. The second kappa shape index (κ2) is 9.03. The minimum absolute atomic E-state index is 0.0396. The number of aliphatic hydroxyl groups is 1. The van der Waals surface area contributed by atoms with Crippen LogP contribution in [-0.4, -0.2) is 19.6 Å². The number of hydrogen-bond donors (Lipinski definition) is 2. The van der Waals surface area contributed by atoms with Crippen molar-refractivity contribution in [2.45, 2.75) is 51.7 Å². The van der Waals surface area contributed by atoms with E-state index in [0.29, 0.717) is 16.0 Å². The molecule has 4 nitrogen and oxygen atoms in total. The van der Waals surface area contributed by atoms with Crippen LogP contribution in [0.5, 0.6) is 0 Å². The van der Waals surface area contributed by atoms with E-state index in [1.807, 2.05) is 77.1 Å². The summed E-state index contributed by atoms with van der Waals surface area (Å²) in [5.74, 6) is -0.509. The minimum atomic E-state index is -3.76. The second-order valence-corrected chi connectivity index (χ2v) is 9.44. The van der Waals surface area contributed by atoms with Gasteiger partial charge in [-0.25, -0.2) is 13.1 Å². The van der Waals surface area contributed by atoms with Gasteiger partial charge in [0, 0.05) is 12.0 Å². The molecule has 0 bridgehead atoms. The first-order valence-electron chi connectivity index (χ1n) is 9.54. The molecule has 0 heterocycles. The van der Waals surface area contributed by atoms with Crippen LogP contribution in [0.3, 0.4) is 0 Å². The number of rotatable bonds is 8. The Hall–Kier alpha value is -1.95. The molecule has 0 fully saturated rings. The van der Waals surface area contributed by atoms with Gasteiger partial charge < -0.3 is 5.11 Å². The van der Waals surface area contributed by atoms with Crippen molar-refractivity contribution in [1.29, 1.82) is 0 Å². The number of nitrogens with one attached hydrogen (secondary N) is 1. The normalized spacial score (nSPS) is 15.2. The molecule has 28 heavy (non-hydrogen) atoms. The monoisotopic (exact) mass is 401 g/mol. The molecule has 0 aliphatic heterocycles. The zero-order valence-electron chi connectivity index (χ0n) is 17.3. The Kier molecular flexibility index (Phi) is 7.21. The molecule has 152 valence electrons. The van der Waals surface area contributed by atoms with Crippen molar-refractivity contribution in [3.63, 3.8) is 0 Å². The standard InChI is InChI=1S/C23H31NO3S/c1-7-20(22(25)19-11-9-8-10-12-19)21(15(2)3)24-28(26,27)23-17(5)13-16(4)14-18(23)6/h7-15,20-22,24-25H,1H2,2-6H3/t20-,21-,22-/m0/s1. The number of aryl methyl sites for hydroxylation is 3. The van der Waals surface area contributed by atoms with Crippen LogP contribution in [0.15, 0.2) is 60.0 Å². The van der Waals surface area contributed by atoms with Crippen molar-refractivity contribution in [1.82, 2.24) is 4.72 Å². The van der Waals surface area contributed by atoms with Gasteiger partial charge in [-0.3, -0.25) is 0 Å². The number of benzene rings is 2. The fraction of sp³-hybridized carbons (Fsp3) is 0.391. The Labute approximate surface area is 169 Å². The molecular formula is C23H31NO3S. The summed E-state index contributed by atoms with van der Waals surface area (Å²) >= 11 is 0. The van der Waals surface area contributed by atoms with Gasteiger partial charge in [0.25, 0.3) is 0 Å². The maximum atomic E-state index is 13.3. The molecule has 0 amide bonds. The molecular weight excluding hydrogens is 370 g/mol. The number of aliphatic hydroxyl groups excluding tert-OH is 1. The number of sulfonamides is 1. The Bertz CT molecular complexity index is 897. The van der Waals surface area contributed by atoms with Crippen molar-refractivity contribution >= 4 is 10.0 Å². The molecule has 0 spiro atoms. The quantitative estimate of drug-likeness (QED) is 0.642. The predicted molar refractivity (Wildman–Crippen MR) is 115 cm³/mol. The third-order valence-electron chi connectivity index (χ3n) is 5.08. The summed E-state index contributed by atoms with van der Waals surface area (Å²) in [5, 5.41) is 10.9. The summed E-state index contributed by atoms with van der Waals surface area (Å²) in [6.07, 6.45) is 0.786. The summed E-state index contributed by atoms with van der Waals surface area (Å²) < 4.78 is 29.4. The highest BCUT2D eigenvalue weighted by atomic mass is 32.2. The third-order valence-corrected chi connectivity index (χ3v) is 6.84. The lowest BCUT2D eigenvalue weighted by Crippen LogP contribution is -2.45.